The zero-order valence-corrected chi connectivity index (χ0v) is 14.3. The lowest BCUT2D eigenvalue weighted by molar-refractivity contribution is 0.0119. The molecule has 0 saturated carbocycles. The van der Waals surface area contributed by atoms with E-state index in [0.717, 1.165) is 6.54 Å². The standard InChI is InChI=1S/C19H23N3O2/c1-22(2)14-9-17-19(10-5-12-20,11-6-13-21)18(23)15-7-3-4-8-16(15)24-17/h3-4,7-8,17H,5-6,9-11,14H2,1-2H3. The predicted octanol–water partition coefficient (Wildman–Crippen LogP) is 3.18. The highest BCUT2D eigenvalue weighted by atomic mass is 16.5. The molecule has 0 aliphatic carbocycles. The molecule has 5 heteroatoms. The van der Waals surface area contributed by atoms with E-state index in [0.29, 0.717) is 30.6 Å². The quantitative estimate of drug-likeness (QED) is 0.769. The monoisotopic (exact) mass is 325 g/mol. The number of hydrogen-bond donors (Lipinski definition) is 0. The lowest BCUT2D eigenvalue weighted by Crippen LogP contribution is -2.50. The molecule has 0 spiro atoms. The van der Waals surface area contributed by atoms with Crippen molar-refractivity contribution in [1.29, 1.82) is 10.5 Å². The van der Waals surface area contributed by atoms with Crippen molar-refractivity contribution in [3.05, 3.63) is 29.8 Å². The van der Waals surface area contributed by atoms with Gasteiger partial charge in [0.2, 0.25) is 0 Å². The number of rotatable bonds is 7. The average molecular weight is 325 g/mol. The first kappa shape index (κ1) is 18.0. The average Bonchev–Trinajstić information content (AvgIpc) is 2.58. The number of nitrogens with zero attached hydrogens (tertiary/aromatic N) is 3. The van der Waals surface area contributed by atoms with Gasteiger partial charge in [0.15, 0.2) is 5.78 Å². The molecule has 0 aromatic heterocycles. The molecule has 0 amide bonds. The number of Topliss-reactive ketones (excluding diaryl/α,β-unsaturated/α-hetero) is 1. The summed E-state index contributed by atoms with van der Waals surface area (Å²) in [7, 11) is 3.95. The van der Waals surface area contributed by atoms with Crippen LogP contribution in [0, 0.1) is 28.1 Å². The SMILES string of the molecule is CN(C)CCC1Oc2ccccc2C(=O)C1(CCC#N)CCC#N. The third-order valence-corrected chi connectivity index (χ3v) is 4.67. The third kappa shape index (κ3) is 3.58. The van der Waals surface area contributed by atoms with Crippen LogP contribution in [0.1, 0.15) is 42.5 Å². The van der Waals surface area contributed by atoms with Crippen LogP contribution in [-0.4, -0.2) is 37.4 Å². The second-order valence-electron chi connectivity index (χ2n) is 6.50. The minimum absolute atomic E-state index is 0.0126. The Labute approximate surface area is 143 Å². The minimum Gasteiger partial charge on any atom is -0.489 e. The Bertz CT molecular complexity index is 652. The van der Waals surface area contributed by atoms with Gasteiger partial charge in [-0.2, -0.15) is 10.5 Å². The summed E-state index contributed by atoms with van der Waals surface area (Å²) in [6, 6.07) is 11.5. The zero-order chi connectivity index (χ0) is 17.6. The molecule has 1 heterocycles. The van der Waals surface area contributed by atoms with Crippen LogP contribution in [0.25, 0.3) is 0 Å². The van der Waals surface area contributed by atoms with E-state index in [1.165, 1.54) is 0 Å². The van der Waals surface area contributed by atoms with Gasteiger partial charge in [-0.1, -0.05) is 12.1 Å². The number of benzene rings is 1. The molecule has 1 unspecified atom stereocenters. The molecule has 0 radical (unpaired) electrons. The Morgan fingerprint density at radius 2 is 1.79 bits per heavy atom. The maximum absolute atomic E-state index is 13.3. The molecule has 1 aromatic carbocycles. The number of nitriles is 2. The normalized spacial score (nSPS) is 18.4. The van der Waals surface area contributed by atoms with E-state index in [1.54, 1.807) is 6.07 Å². The van der Waals surface area contributed by atoms with Gasteiger partial charge >= 0.3 is 0 Å². The molecule has 0 bridgehead atoms. The summed E-state index contributed by atoms with van der Waals surface area (Å²) in [5.41, 5.74) is -0.231. The van der Waals surface area contributed by atoms with Gasteiger partial charge in [-0.05, 0) is 45.5 Å². The number of ether oxygens (including phenoxy) is 1. The van der Waals surface area contributed by atoms with Gasteiger partial charge < -0.3 is 9.64 Å². The van der Waals surface area contributed by atoms with Crippen molar-refractivity contribution in [1.82, 2.24) is 4.90 Å². The van der Waals surface area contributed by atoms with Crippen molar-refractivity contribution in [2.24, 2.45) is 5.41 Å². The first-order valence-corrected chi connectivity index (χ1v) is 8.24. The van der Waals surface area contributed by atoms with Gasteiger partial charge in [-0.25, -0.2) is 0 Å². The van der Waals surface area contributed by atoms with Crippen LogP contribution in [0.15, 0.2) is 24.3 Å². The second kappa shape index (κ2) is 7.95. The van der Waals surface area contributed by atoms with Gasteiger partial charge in [0.05, 0.1) is 23.1 Å². The van der Waals surface area contributed by atoms with E-state index < -0.39 is 5.41 Å². The molecule has 0 N–H and O–H groups in total. The lowest BCUT2D eigenvalue weighted by Gasteiger charge is -2.43. The van der Waals surface area contributed by atoms with Crippen molar-refractivity contribution in [3.63, 3.8) is 0 Å². The molecule has 126 valence electrons. The van der Waals surface area contributed by atoms with E-state index >= 15 is 0 Å². The lowest BCUT2D eigenvalue weighted by atomic mass is 9.67. The van der Waals surface area contributed by atoms with Crippen molar-refractivity contribution in [2.75, 3.05) is 20.6 Å². The van der Waals surface area contributed by atoms with Gasteiger partial charge in [0.25, 0.3) is 0 Å². The molecular weight excluding hydrogens is 302 g/mol. The van der Waals surface area contributed by atoms with Crippen molar-refractivity contribution >= 4 is 5.78 Å². The summed E-state index contributed by atoms with van der Waals surface area (Å²) in [5.74, 6) is 0.620. The summed E-state index contributed by atoms with van der Waals surface area (Å²) in [5, 5.41) is 18.1. The van der Waals surface area contributed by atoms with Gasteiger partial charge in [0, 0.05) is 19.4 Å². The Kier molecular flexibility index (Phi) is 5.95. The number of ketones is 1. The first-order valence-electron chi connectivity index (χ1n) is 8.24. The second-order valence-corrected chi connectivity index (χ2v) is 6.50. The Morgan fingerprint density at radius 3 is 2.38 bits per heavy atom. The van der Waals surface area contributed by atoms with Crippen molar-refractivity contribution < 1.29 is 9.53 Å². The first-order chi connectivity index (χ1) is 11.5. The fourth-order valence-electron chi connectivity index (χ4n) is 3.38. The Morgan fingerprint density at radius 1 is 1.17 bits per heavy atom. The van der Waals surface area contributed by atoms with Crippen LogP contribution in [0.4, 0.5) is 0 Å². The molecule has 2 rings (SSSR count). The summed E-state index contributed by atoms with van der Waals surface area (Å²) in [6.07, 6.45) is 1.78. The third-order valence-electron chi connectivity index (χ3n) is 4.67. The maximum Gasteiger partial charge on any atom is 0.176 e. The minimum atomic E-state index is -0.796. The van der Waals surface area contributed by atoms with Gasteiger partial charge in [-0.3, -0.25) is 4.79 Å². The number of hydrogen-bond acceptors (Lipinski definition) is 5. The molecule has 5 nitrogen and oxygen atoms in total. The van der Waals surface area contributed by atoms with E-state index in [-0.39, 0.29) is 24.7 Å². The summed E-state index contributed by atoms with van der Waals surface area (Å²) >= 11 is 0. The van der Waals surface area contributed by atoms with Crippen LogP contribution in [-0.2, 0) is 0 Å². The predicted molar refractivity (Wildman–Crippen MR) is 90.5 cm³/mol. The van der Waals surface area contributed by atoms with Crippen LogP contribution >= 0.6 is 0 Å². The number of carbonyl (C=O) groups excluding carboxylic acids is 1. The fourth-order valence-corrected chi connectivity index (χ4v) is 3.38. The van der Waals surface area contributed by atoms with E-state index in [2.05, 4.69) is 12.1 Å². The van der Waals surface area contributed by atoms with Gasteiger partial charge in [-0.15, -0.1) is 0 Å². The molecule has 1 aromatic rings. The molecule has 1 atom stereocenters. The van der Waals surface area contributed by atoms with Crippen LogP contribution in [0.2, 0.25) is 0 Å². The van der Waals surface area contributed by atoms with Crippen LogP contribution < -0.4 is 4.74 Å². The fraction of sp³-hybridized carbons (Fsp3) is 0.526. The highest BCUT2D eigenvalue weighted by molar-refractivity contribution is 6.04. The number of carbonyl (C=O) groups is 1. The van der Waals surface area contributed by atoms with Gasteiger partial charge in [0.1, 0.15) is 11.9 Å². The highest BCUT2D eigenvalue weighted by Gasteiger charge is 2.50. The largest absolute Gasteiger partial charge is 0.489 e. The summed E-state index contributed by atoms with van der Waals surface area (Å²) in [6.45, 7) is 0.779. The Balaban J connectivity index is 2.44. The Hall–Kier alpha value is -2.37. The smallest absolute Gasteiger partial charge is 0.176 e. The van der Waals surface area contributed by atoms with Crippen LogP contribution in [0.3, 0.4) is 0 Å². The maximum atomic E-state index is 13.3. The van der Waals surface area contributed by atoms with Crippen LogP contribution in [0.5, 0.6) is 5.75 Å². The highest BCUT2D eigenvalue weighted by Crippen LogP contribution is 2.46. The molecule has 1 aliphatic heterocycles. The molecule has 0 fully saturated rings. The molecule has 1 aliphatic rings. The molecule has 24 heavy (non-hydrogen) atoms. The number of para-hydroxylation sites is 1. The zero-order valence-electron chi connectivity index (χ0n) is 14.3. The molecular formula is C19H23N3O2. The van der Waals surface area contributed by atoms with E-state index in [1.807, 2.05) is 37.2 Å². The molecule has 0 saturated heterocycles. The van der Waals surface area contributed by atoms with Crippen molar-refractivity contribution in [2.45, 2.75) is 38.2 Å². The number of fused-ring (bicyclic) bond motifs is 1. The summed E-state index contributed by atoms with van der Waals surface area (Å²) < 4.78 is 6.20. The van der Waals surface area contributed by atoms with E-state index in [4.69, 9.17) is 15.3 Å². The summed E-state index contributed by atoms with van der Waals surface area (Å²) in [4.78, 5) is 15.3. The topological polar surface area (TPSA) is 77.1 Å². The van der Waals surface area contributed by atoms with Crippen molar-refractivity contribution in [3.8, 4) is 17.9 Å². The van der Waals surface area contributed by atoms with E-state index in [9.17, 15) is 4.79 Å².